The Hall–Kier alpha value is -1.29. The van der Waals surface area contributed by atoms with Crippen molar-refractivity contribution in [3.8, 4) is 5.75 Å². The first-order valence-electron chi connectivity index (χ1n) is 5.79. The molecular weight excluding hydrogens is 257 g/mol. The molecule has 1 amide bonds. The third-order valence-corrected chi connectivity index (χ3v) is 3.74. The van der Waals surface area contributed by atoms with Gasteiger partial charge < -0.3 is 10.1 Å². The molecule has 0 saturated heterocycles. The van der Waals surface area contributed by atoms with E-state index in [0.717, 1.165) is 19.3 Å². The van der Waals surface area contributed by atoms with Gasteiger partial charge in [-0.3, -0.25) is 4.79 Å². The van der Waals surface area contributed by atoms with E-state index in [1.165, 1.54) is 24.1 Å². The van der Waals surface area contributed by atoms with Gasteiger partial charge in [-0.05, 0) is 37.3 Å². The number of carbonyl (C=O) groups is 1. The van der Waals surface area contributed by atoms with Crippen molar-refractivity contribution in [2.75, 3.05) is 6.61 Å². The summed E-state index contributed by atoms with van der Waals surface area (Å²) >= 11 is 5.55. The number of carbonyl (C=O) groups excluding carboxylic acids is 1. The summed E-state index contributed by atoms with van der Waals surface area (Å²) < 4.78 is 18.3. The molecule has 0 aliphatic heterocycles. The molecule has 5 heteroatoms. The zero-order valence-electron chi connectivity index (χ0n) is 9.63. The van der Waals surface area contributed by atoms with Crippen molar-refractivity contribution in [3.63, 3.8) is 0 Å². The van der Waals surface area contributed by atoms with E-state index in [-0.39, 0.29) is 23.1 Å². The van der Waals surface area contributed by atoms with Gasteiger partial charge >= 0.3 is 0 Å². The van der Waals surface area contributed by atoms with Gasteiger partial charge in [-0.15, -0.1) is 0 Å². The summed E-state index contributed by atoms with van der Waals surface area (Å²) in [6.45, 7) is -0.0991. The fourth-order valence-corrected chi connectivity index (χ4v) is 2.58. The zero-order chi connectivity index (χ0) is 12.8. The molecule has 3 aliphatic carbocycles. The van der Waals surface area contributed by atoms with E-state index >= 15 is 0 Å². The average molecular weight is 269 g/mol. The SMILES string of the molecule is O=C(COc1ccc(Cl)c(F)c1)NC12C[C](C1)C2. The predicted octanol–water partition coefficient (Wildman–Crippen LogP) is 2.48. The minimum absolute atomic E-state index is 0.0149. The van der Waals surface area contributed by atoms with E-state index in [1.807, 2.05) is 0 Å². The zero-order valence-corrected chi connectivity index (χ0v) is 10.4. The van der Waals surface area contributed by atoms with Crippen molar-refractivity contribution in [1.82, 2.24) is 5.32 Å². The lowest BCUT2D eigenvalue weighted by Gasteiger charge is -2.61. The van der Waals surface area contributed by atoms with Gasteiger partial charge in [0.05, 0.1) is 5.02 Å². The van der Waals surface area contributed by atoms with Crippen LogP contribution in [0, 0.1) is 11.7 Å². The molecule has 3 aliphatic rings. The number of amides is 1. The van der Waals surface area contributed by atoms with Crippen LogP contribution >= 0.6 is 11.6 Å². The van der Waals surface area contributed by atoms with E-state index in [0.29, 0.717) is 5.75 Å². The van der Waals surface area contributed by atoms with Gasteiger partial charge in [-0.1, -0.05) is 11.6 Å². The van der Waals surface area contributed by atoms with Crippen LogP contribution in [0.4, 0.5) is 4.39 Å². The topological polar surface area (TPSA) is 38.3 Å². The molecule has 3 nitrogen and oxygen atoms in total. The maximum absolute atomic E-state index is 13.1. The third-order valence-electron chi connectivity index (χ3n) is 3.43. The van der Waals surface area contributed by atoms with Crippen LogP contribution in [0.1, 0.15) is 19.3 Å². The summed E-state index contributed by atoms with van der Waals surface area (Å²) in [7, 11) is 0. The second-order valence-corrected chi connectivity index (χ2v) is 5.38. The first-order chi connectivity index (χ1) is 8.56. The quantitative estimate of drug-likeness (QED) is 0.911. The summed E-state index contributed by atoms with van der Waals surface area (Å²) in [6.07, 6.45) is 3.02. The minimum Gasteiger partial charge on any atom is -0.484 e. The third kappa shape index (κ3) is 2.05. The first kappa shape index (κ1) is 11.8. The van der Waals surface area contributed by atoms with Gasteiger partial charge in [-0.25, -0.2) is 4.39 Å². The van der Waals surface area contributed by atoms with Crippen LogP contribution in [-0.2, 0) is 4.79 Å². The molecule has 0 aromatic heterocycles. The molecule has 18 heavy (non-hydrogen) atoms. The Morgan fingerprint density at radius 1 is 1.44 bits per heavy atom. The molecule has 1 N–H and O–H groups in total. The molecule has 3 saturated carbocycles. The summed E-state index contributed by atoms with van der Waals surface area (Å²) in [6, 6.07) is 4.12. The maximum Gasteiger partial charge on any atom is 0.258 e. The second kappa shape index (κ2) is 4.12. The van der Waals surface area contributed by atoms with E-state index in [1.54, 1.807) is 0 Å². The Kier molecular flexibility index (Phi) is 2.70. The van der Waals surface area contributed by atoms with Crippen molar-refractivity contribution >= 4 is 17.5 Å². The maximum atomic E-state index is 13.1. The molecule has 0 atom stereocenters. The van der Waals surface area contributed by atoms with Gasteiger partial charge in [0.2, 0.25) is 0 Å². The largest absolute Gasteiger partial charge is 0.484 e. The van der Waals surface area contributed by atoms with E-state index in [2.05, 4.69) is 5.32 Å². The van der Waals surface area contributed by atoms with E-state index < -0.39 is 5.82 Å². The monoisotopic (exact) mass is 268 g/mol. The van der Waals surface area contributed by atoms with Crippen LogP contribution in [0.2, 0.25) is 5.02 Å². The number of nitrogens with one attached hydrogen (secondary N) is 1. The Morgan fingerprint density at radius 3 is 2.72 bits per heavy atom. The number of hydrogen-bond donors (Lipinski definition) is 1. The van der Waals surface area contributed by atoms with Crippen LogP contribution < -0.4 is 10.1 Å². The highest BCUT2D eigenvalue weighted by molar-refractivity contribution is 6.30. The molecule has 0 unspecified atom stereocenters. The van der Waals surface area contributed by atoms with Crippen LogP contribution in [0.3, 0.4) is 0 Å². The summed E-state index contributed by atoms with van der Waals surface area (Å²) in [5.41, 5.74) is 0.0149. The van der Waals surface area contributed by atoms with Gasteiger partial charge in [0.25, 0.3) is 5.91 Å². The standard InChI is InChI=1S/C13H12ClFNO2/c14-10-2-1-9(3-11(10)15)18-7-12(17)16-13-4-8(5-13)6-13/h1-3H,4-7H2,(H,16,17). The lowest BCUT2D eigenvalue weighted by Crippen LogP contribution is -2.67. The van der Waals surface area contributed by atoms with Crippen molar-refractivity contribution in [2.24, 2.45) is 0 Å². The summed E-state index contributed by atoms with van der Waals surface area (Å²) in [5, 5.41) is 2.99. The lowest BCUT2D eigenvalue weighted by atomic mass is 9.50. The highest BCUT2D eigenvalue weighted by Crippen LogP contribution is 2.58. The Balaban J connectivity index is 1.50. The van der Waals surface area contributed by atoms with Gasteiger partial charge in [0, 0.05) is 11.6 Å². The van der Waals surface area contributed by atoms with Crippen molar-refractivity contribution in [3.05, 3.63) is 35.0 Å². The Labute approximate surface area is 109 Å². The molecule has 95 valence electrons. The first-order valence-corrected chi connectivity index (χ1v) is 6.17. The van der Waals surface area contributed by atoms with Gasteiger partial charge in [-0.2, -0.15) is 0 Å². The van der Waals surface area contributed by atoms with Gasteiger partial charge in [0.15, 0.2) is 6.61 Å². The van der Waals surface area contributed by atoms with Crippen LogP contribution in [-0.4, -0.2) is 18.1 Å². The van der Waals surface area contributed by atoms with Crippen molar-refractivity contribution < 1.29 is 13.9 Å². The Bertz CT molecular complexity index is 489. The van der Waals surface area contributed by atoms with E-state index in [4.69, 9.17) is 16.3 Å². The van der Waals surface area contributed by atoms with Gasteiger partial charge in [0.1, 0.15) is 11.6 Å². The lowest BCUT2D eigenvalue weighted by molar-refractivity contribution is -0.128. The Morgan fingerprint density at radius 2 is 2.17 bits per heavy atom. The second-order valence-electron chi connectivity index (χ2n) is 4.97. The van der Waals surface area contributed by atoms with Crippen molar-refractivity contribution in [1.29, 1.82) is 0 Å². The van der Waals surface area contributed by atoms with E-state index in [9.17, 15) is 9.18 Å². The molecule has 1 aromatic carbocycles. The molecule has 0 heterocycles. The number of hydrogen-bond acceptors (Lipinski definition) is 2. The highest BCUT2D eigenvalue weighted by atomic mass is 35.5. The molecule has 2 bridgehead atoms. The number of rotatable bonds is 4. The number of halogens is 2. The van der Waals surface area contributed by atoms with Crippen LogP contribution in [0.15, 0.2) is 18.2 Å². The summed E-state index contributed by atoms with van der Waals surface area (Å²) in [5.74, 6) is 1.12. The van der Waals surface area contributed by atoms with Crippen molar-refractivity contribution in [2.45, 2.75) is 24.8 Å². The normalized spacial score (nSPS) is 19.7. The molecule has 4 rings (SSSR count). The highest BCUT2D eigenvalue weighted by Gasteiger charge is 2.57. The van der Waals surface area contributed by atoms with Crippen LogP contribution in [0.25, 0.3) is 0 Å². The molecule has 1 radical (unpaired) electrons. The molecule has 1 aromatic rings. The predicted molar refractivity (Wildman–Crippen MR) is 64.9 cm³/mol. The van der Waals surface area contributed by atoms with Crippen LogP contribution in [0.5, 0.6) is 5.75 Å². The number of ether oxygens (including phenoxy) is 1. The molecular formula is C13H12ClFNO2. The fourth-order valence-electron chi connectivity index (χ4n) is 2.46. The number of benzene rings is 1. The molecule has 0 spiro atoms. The molecule has 3 fully saturated rings. The smallest absolute Gasteiger partial charge is 0.258 e. The minimum atomic E-state index is -0.551. The fraction of sp³-hybridized carbons (Fsp3) is 0.385. The summed E-state index contributed by atoms with van der Waals surface area (Å²) in [4.78, 5) is 11.6. The average Bonchev–Trinajstić information content (AvgIpc) is 2.23.